The summed E-state index contributed by atoms with van der Waals surface area (Å²) in [6, 6.07) is 7.68. The lowest BCUT2D eigenvalue weighted by Gasteiger charge is -2.26. The molecule has 1 amide bonds. The predicted molar refractivity (Wildman–Crippen MR) is 79.8 cm³/mol. The summed E-state index contributed by atoms with van der Waals surface area (Å²) in [6.45, 7) is 6.10. The van der Waals surface area contributed by atoms with Gasteiger partial charge in [0, 0.05) is 19.6 Å². The van der Waals surface area contributed by atoms with Crippen LogP contribution in [0, 0.1) is 6.92 Å². The number of carbonyl (C=O) groups excluding carboxylic acids is 1. The van der Waals surface area contributed by atoms with Gasteiger partial charge in [-0.2, -0.15) is 0 Å². The minimum absolute atomic E-state index is 0. The van der Waals surface area contributed by atoms with Gasteiger partial charge >= 0.3 is 0 Å². The van der Waals surface area contributed by atoms with Crippen LogP contribution in [0.5, 0.6) is 5.75 Å². The number of halogens is 1. The second-order valence-corrected chi connectivity index (χ2v) is 4.61. The summed E-state index contributed by atoms with van der Waals surface area (Å²) >= 11 is 0. The van der Waals surface area contributed by atoms with Gasteiger partial charge in [-0.3, -0.25) is 4.79 Å². The van der Waals surface area contributed by atoms with E-state index in [0.29, 0.717) is 12.3 Å². The molecule has 4 nitrogen and oxygen atoms in total. The number of carbonyl (C=O) groups is 1. The van der Waals surface area contributed by atoms with Crippen LogP contribution in [-0.2, 0) is 4.79 Å². The van der Waals surface area contributed by atoms with Crippen molar-refractivity contribution < 1.29 is 9.53 Å². The maximum atomic E-state index is 12.1. The number of likely N-dealkylation sites (N-methyl/N-ethyl adjacent to an activating group) is 1. The van der Waals surface area contributed by atoms with E-state index in [-0.39, 0.29) is 24.4 Å². The number of nitrogens with two attached hydrogens (primary N) is 1. The molecule has 0 fully saturated rings. The first kappa shape index (κ1) is 17.7. The standard InChI is InChI=1S/C14H22N2O2.ClH/c1-10-6-5-7-13(8-10)18-12(3)14(17)16(4)11(2)9-15;/h5-8,11-12H,9,15H2,1-4H3;1H. The lowest BCUT2D eigenvalue weighted by atomic mass is 10.2. The van der Waals surface area contributed by atoms with Crippen LogP contribution in [0.2, 0.25) is 0 Å². The topological polar surface area (TPSA) is 55.6 Å². The minimum Gasteiger partial charge on any atom is -0.481 e. The number of amides is 1. The minimum atomic E-state index is -0.509. The zero-order chi connectivity index (χ0) is 13.7. The van der Waals surface area contributed by atoms with Gasteiger partial charge in [-0.15, -0.1) is 12.4 Å². The fraction of sp³-hybridized carbons (Fsp3) is 0.500. The third-order valence-corrected chi connectivity index (χ3v) is 3.00. The summed E-state index contributed by atoms with van der Waals surface area (Å²) in [5.41, 5.74) is 6.66. The van der Waals surface area contributed by atoms with E-state index in [2.05, 4.69) is 0 Å². The van der Waals surface area contributed by atoms with Crippen molar-refractivity contribution >= 4 is 18.3 Å². The lowest BCUT2D eigenvalue weighted by Crippen LogP contribution is -2.45. The second kappa shape index (κ2) is 8.02. The lowest BCUT2D eigenvalue weighted by molar-refractivity contribution is -0.138. The van der Waals surface area contributed by atoms with E-state index in [1.807, 2.05) is 38.1 Å². The molecule has 0 aliphatic rings. The Balaban J connectivity index is 0.00000324. The molecule has 0 saturated carbocycles. The van der Waals surface area contributed by atoms with Crippen molar-refractivity contribution in [3.63, 3.8) is 0 Å². The van der Waals surface area contributed by atoms with E-state index in [4.69, 9.17) is 10.5 Å². The number of rotatable bonds is 5. The molecule has 0 aliphatic heterocycles. The molecule has 19 heavy (non-hydrogen) atoms. The summed E-state index contributed by atoms with van der Waals surface area (Å²) in [5, 5.41) is 0. The van der Waals surface area contributed by atoms with Crippen LogP contribution in [0.4, 0.5) is 0 Å². The third-order valence-electron chi connectivity index (χ3n) is 3.00. The summed E-state index contributed by atoms with van der Waals surface area (Å²) in [6.07, 6.45) is -0.509. The Morgan fingerprint density at radius 2 is 2.05 bits per heavy atom. The number of aryl methyl sites for hydroxylation is 1. The zero-order valence-corrected chi connectivity index (χ0v) is 12.7. The van der Waals surface area contributed by atoms with Gasteiger partial charge in [0.1, 0.15) is 5.75 Å². The molecule has 0 bridgehead atoms. The van der Waals surface area contributed by atoms with Crippen molar-refractivity contribution in [2.24, 2.45) is 5.73 Å². The van der Waals surface area contributed by atoms with Gasteiger partial charge in [-0.1, -0.05) is 12.1 Å². The van der Waals surface area contributed by atoms with Crippen LogP contribution >= 0.6 is 12.4 Å². The average molecular weight is 287 g/mol. The Kier molecular flexibility index (Phi) is 7.49. The van der Waals surface area contributed by atoms with Gasteiger partial charge in [-0.25, -0.2) is 0 Å². The molecule has 1 rings (SSSR count). The number of benzene rings is 1. The highest BCUT2D eigenvalue weighted by molar-refractivity contribution is 5.85. The monoisotopic (exact) mass is 286 g/mol. The van der Waals surface area contributed by atoms with Crippen LogP contribution in [0.15, 0.2) is 24.3 Å². The first-order chi connectivity index (χ1) is 8.45. The van der Waals surface area contributed by atoms with Crippen LogP contribution in [-0.4, -0.2) is 36.5 Å². The molecule has 5 heteroatoms. The fourth-order valence-electron chi connectivity index (χ4n) is 1.61. The highest BCUT2D eigenvalue weighted by Crippen LogP contribution is 2.15. The highest BCUT2D eigenvalue weighted by Gasteiger charge is 2.22. The summed E-state index contributed by atoms with van der Waals surface area (Å²) < 4.78 is 5.64. The number of hydrogen-bond acceptors (Lipinski definition) is 3. The molecule has 1 aromatic rings. The summed E-state index contributed by atoms with van der Waals surface area (Å²) in [7, 11) is 1.75. The second-order valence-electron chi connectivity index (χ2n) is 4.61. The van der Waals surface area contributed by atoms with Gasteiger partial charge in [0.2, 0.25) is 0 Å². The molecule has 2 N–H and O–H groups in total. The van der Waals surface area contributed by atoms with Crippen molar-refractivity contribution in [2.75, 3.05) is 13.6 Å². The zero-order valence-electron chi connectivity index (χ0n) is 11.9. The van der Waals surface area contributed by atoms with E-state index in [1.165, 1.54) is 0 Å². The molecule has 108 valence electrons. The fourth-order valence-corrected chi connectivity index (χ4v) is 1.61. The summed E-state index contributed by atoms with van der Waals surface area (Å²) in [5.74, 6) is 0.652. The molecular weight excluding hydrogens is 264 g/mol. The molecule has 0 aliphatic carbocycles. The first-order valence-electron chi connectivity index (χ1n) is 6.15. The van der Waals surface area contributed by atoms with Crippen molar-refractivity contribution in [3.05, 3.63) is 29.8 Å². The summed E-state index contributed by atoms with van der Waals surface area (Å²) in [4.78, 5) is 13.7. The highest BCUT2D eigenvalue weighted by atomic mass is 35.5. The van der Waals surface area contributed by atoms with E-state index in [9.17, 15) is 4.79 Å². The molecule has 0 spiro atoms. The number of ether oxygens (including phenoxy) is 1. The molecule has 0 heterocycles. The van der Waals surface area contributed by atoms with Crippen molar-refractivity contribution in [2.45, 2.75) is 32.9 Å². The molecule has 1 aromatic carbocycles. The quantitative estimate of drug-likeness (QED) is 0.901. The Morgan fingerprint density at radius 1 is 1.42 bits per heavy atom. The molecular formula is C14H23ClN2O2. The molecule has 0 radical (unpaired) electrons. The Morgan fingerprint density at radius 3 is 2.58 bits per heavy atom. The maximum Gasteiger partial charge on any atom is 0.263 e. The van der Waals surface area contributed by atoms with Crippen molar-refractivity contribution in [1.82, 2.24) is 4.90 Å². The van der Waals surface area contributed by atoms with Gasteiger partial charge in [0.25, 0.3) is 5.91 Å². The molecule has 2 atom stereocenters. The van der Waals surface area contributed by atoms with Gasteiger partial charge in [-0.05, 0) is 38.5 Å². The molecule has 0 aromatic heterocycles. The largest absolute Gasteiger partial charge is 0.481 e. The van der Waals surface area contributed by atoms with E-state index < -0.39 is 6.10 Å². The molecule has 2 unspecified atom stereocenters. The predicted octanol–water partition coefficient (Wildman–Crippen LogP) is 1.99. The third kappa shape index (κ3) is 5.09. The van der Waals surface area contributed by atoms with Gasteiger partial charge in [0.15, 0.2) is 6.10 Å². The SMILES string of the molecule is Cc1cccc(OC(C)C(=O)N(C)C(C)CN)c1.Cl. The van der Waals surface area contributed by atoms with Crippen molar-refractivity contribution in [3.8, 4) is 5.75 Å². The smallest absolute Gasteiger partial charge is 0.263 e. The average Bonchev–Trinajstić information content (AvgIpc) is 2.36. The number of nitrogens with zero attached hydrogens (tertiary/aromatic N) is 1. The Labute approximate surface area is 121 Å². The van der Waals surface area contributed by atoms with E-state index >= 15 is 0 Å². The maximum absolute atomic E-state index is 12.1. The van der Waals surface area contributed by atoms with E-state index in [1.54, 1.807) is 18.9 Å². The molecule has 0 saturated heterocycles. The van der Waals surface area contributed by atoms with E-state index in [0.717, 1.165) is 5.56 Å². The van der Waals surface area contributed by atoms with Crippen LogP contribution < -0.4 is 10.5 Å². The van der Waals surface area contributed by atoms with Crippen LogP contribution in [0.25, 0.3) is 0 Å². The van der Waals surface area contributed by atoms with Gasteiger partial charge < -0.3 is 15.4 Å². The van der Waals surface area contributed by atoms with Crippen molar-refractivity contribution in [1.29, 1.82) is 0 Å². The number of hydrogen-bond donors (Lipinski definition) is 1. The Bertz CT molecular complexity index is 412. The Hall–Kier alpha value is -1.26. The first-order valence-corrected chi connectivity index (χ1v) is 6.15. The van der Waals surface area contributed by atoms with Crippen LogP contribution in [0.1, 0.15) is 19.4 Å². The normalized spacial score (nSPS) is 13.1. The van der Waals surface area contributed by atoms with Crippen LogP contribution in [0.3, 0.4) is 0 Å². The van der Waals surface area contributed by atoms with Gasteiger partial charge in [0.05, 0.1) is 0 Å².